The Balaban J connectivity index is 2.39. The fourth-order valence-electron chi connectivity index (χ4n) is 2.71. The molecule has 0 aliphatic heterocycles. The molecule has 0 aliphatic rings. The van der Waals surface area contributed by atoms with Crippen LogP contribution in [0, 0.1) is 0 Å². The SMILES string of the molecule is C=C(C)CC(C)(C)Nc1ccc2c(CF)cc(=O)[nH]c2c1. The molecule has 0 spiro atoms. The van der Waals surface area contributed by atoms with Crippen molar-refractivity contribution < 1.29 is 4.39 Å². The van der Waals surface area contributed by atoms with E-state index in [0.29, 0.717) is 11.1 Å². The Hall–Kier alpha value is -2.10. The molecule has 0 bridgehead atoms. The molecule has 2 N–H and O–H groups in total. The number of fused-ring (bicyclic) bond motifs is 1. The van der Waals surface area contributed by atoms with Gasteiger partial charge in [0.25, 0.3) is 0 Å². The van der Waals surface area contributed by atoms with Crippen molar-refractivity contribution in [3.8, 4) is 0 Å². The number of halogens is 1. The second kappa shape index (κ2) is 5.72. The van der Waals surface area contributed by atoms with Crippen LogP contribution in [0.2, 0.25) is 0 Å². The molecule has 1 aromatic carbocycles. The molecule has 0 radical (unpaired) electrons. The summed E-state index contributed by atoms with van der Waals surface area (Å²) in [6.45, 7) is 9.47. The maximum absolute atomic E-state index is 13.0. The number of aromatic amines is 1. The molecule has 4 heteroatoms. The largest absolute Gasteiger partial charge is 0.380 e. The summed E-state index contributed by atoms with van der Waals surface area (Å²) in [5.41, 5.74) is 2.63. The number of H-pyrrole nitrogens is 1. The molecule has 0 saturated carbocycles. The number of benzene rings is 1. The van der Waals surface area contributed by atoms with Crippen LogP contribution >= 0.6 is 0 Å². The number of rotatable bonds is 5. The van der Waals surface area contributed by atoms with Crippen LogP contribution in [-0.4, -0.2) is 10.5 Å². The Morgan fingerprint density at radius 1 is 1.38 bits per heavy atom. The van der Waals surface area contributed by atoms with Gasteiger partial charge in [-0.05, 0) is 44.9 Å². The van der Waals surface area contributed by atoms with Crippen molar-refractivity contribution in [1.29, 1.82) is 0 Å². The smallest absolute Gasteiger partial charge is 0.248 e. The van der Waals surface area contributed by atoms with Crippen LogP contribution in [0.1, 0.15) is 32.8 Å². The third-order valence-corrected chi connectivity index (χ3v) is 3.30. The summed E-state index contributed by atoms with van der Waals surface area (Å²) in [6, 6.07) is 6.88. The molecule has 0 aliphatic carbocycles. The number of anilines is 1. The Morgan fingerprint density at radius 2 is 2.10 bits per heavy atom. The number of aromatic nitrogens is 1. The number of nitrogens with one attached hydrogen (secondary N) is 2. The van der Waals surface area contributed by atoms with E-state index in [0.717, 1.165) is 23.1 Å². The summed E-state index contributed by atoms with van der Waals surface area (Å²) in [6.07, 6.45) is 0.839. The van der Waals surface area contributed by atoms with E-state index in [2.05, 4.69) is 30.7 Å². The summed E-state index contributed by atoms with van der Waals surface area (Å²) < 4.78 is 13.0. The fourth-order valence-corrected chi connectivity index (χ4v) is 2.71. The number of pyridine rings is 1. The van der Waals surface area contributed by atoms with Crippen LogP contribution in [0.25, 0.3) is 10.9 Å². The Kier molecular flexibility index (Phi) is 4.16. The van der Waals surface area contributed by atoms with Crippen molar-refractivity contribution in [3.63, 3.8) is 0 Å². The number of hydrogen-bond donors (Lipinski definition) is 2. The lowest BCUT2D eigenvalue weighted by molar-refractivity contribution is 0.487. The lowest BCUT2D eigenvalue weighted by Gasteiger charge is -2.28. The van der Waals surface area contributed by atoms with Crippen LogP contribution < -0.4 is 10.9 Å². The Morgan fingerprint density at radius 3 is 2.71 bits per heavy atom. The highest BCUT2D eigenvalue weighted by molar-refractivity contribution is 5.85. The summed E-state index contributed by atoms with van der Waals surface area (Å²) in [5.74, 6) is 0. The topological polar surface area (TPSA) is 44.9 Å². The Bertz CT molecular complexity index is 731. The minimum atomic E-state index is -0.644. The van der Waals surface area contributed by atoms with Gasteiger partial charge in [-0.25, -0.2) is 4.39 Å². The first kappa shape index (κ1) is 15.3. The molecular formula is C17H21FN2O. The molecule has 0 fully saturated rings. The monoisotopic (exact) mass is 288 g/mol. The highest BCUT2D eigenvalue weighted by Crippen LogP contribution is 2.25. The van der Waals surface area contributed by atoms with E-state index in [-0.39, 0.29) is 11.1 Å². The fraction of sp³-hybridized carbons (Fsp3) is 0.353. The van der Waals surface area contributed by atoms with Gasteiger partial charge in [0.15, 0.2) is 0 Å². The molecule has 0 amide bonds. The molecule has 1 heterocycles. The summed E-state index contributed by atoms with van der Waals surface area (Å²) in [4.78, 5) is 14.3. The molecule has 3 nitrogen and oxygen atoms in total. The third kappa shape index (κ3) is 3.72. The lowest BCUT2D eigenvalue weighted by Crippen LogP contribution is -2.30. The van der Waals surface area contributed by atoms with Gasteiger partial charge in [-0.1, -0.05) is 11.6 Å². The molecule has 1 aromatic heterocycles. The summed E-state index contributed by atoms with van der Waals surface area (Å²) in [5, 5.41) is 4.16. The van der Waals surface area contributed by atoms with Crippen LogP contribution in [0.4, 0.5) is 10.1 Å². The van der Waals surface area contributed by atoms with Crippen LogP contribution in [-0.2, 0) is 6.67 Å². The summed E-state index contributed by atoms with van der Waals surface area (Å²) in [7, 11) is 0. The molecule has 21 heavy (non-hydrogen) atoms. The standard InChI is InChI=1S/C17H21FN2O/c1-11(2)9-17(3,4)20-13-5-6-14-12(10-18)7-16(21)19-15(14)8-13/h5-8,20H,1,9-10H2,2-4H3,(H,19,21). The minimum Gasteiger partial charge on any atom is -0.380 e. The van der Waals surface area contributed by atoms with Gasteiger partial charge >= 0.3 is 0 Å². The van der Waals surface area contributed by atoms with Gasteiger partial charge in [0, 0.05) is 22.7 Å². The highest BCUT2D eigenvalue weighted by atomic mass is 19.1. The van der Waals surface area contributed by atoms with Crippen molar-refractivity contribution in [1.82, 2.24) is 4.98 Å². The average Bonchev–Trinajstić information content (AvgIpc) is 2.34. The minimum absolute atomic E-state index is 0.141. The van der Waals surface area contributed by atoms with Crippen molar-refractivity contribution >= 4 is 16.6 Å². The predicted octanol–water partition coefficient (Wildman–Crippen LogP) is 4.15. The molecule has 2 rings (SSSR count). The molecule has 0 unspecified atom stereocenters. The van der Waals surface area contributed by atoms with Crippen LogP contribution in [0.15, 0.2) is 41.2 Å². The van der Waals surface area contributed by atoms with Crippen molar-refractivity contribution in [2.75, 3.05) is 5.32 Å². The van der Waals surface area contributed by atoms with E-state index in [4.69, 9.17) is 0 Å². The second-order valence-electron chi connectivity index (χ2n) is 6.20. The third-order valence-electron chi connectivity index (χ3n) is 3.30. The maximum atomic E-state index is 13.0. The zero-order valence-electron chi connectivity index (χ0n) is 12.7. The van der Waals surface area contributed by atoms with Gasteiger partial charge in [0.05, 0.1) is 5.52 Å². The molecular weight excluding hydrogens is 267 g/mol. The quantitative estimate of drug-likeness (QED) is 0.812. The second-order valence-corrected chi connectivity index (χ2v) is 6.20. The van der Waals surface area contributed by atoms with Crippen molar-refractivity contribution in [3.05, 3.63) is 52.3 Å². The predicted molar refractivity (Wildman–Crippen MR) is 86.5 cm³/mol. The van der Waals surface area contributed by atoms with E-state index in [1.165, 1.54) is 6.07 Å². The van der Waals surface area contributed by atoms with Gasteiger partial charge < -0.3 is 10.3 Å². The van der Waals surface area contributed by atoms with Gasteiger partial charge in [0.1, 0.15) is 6.67 Å². The Labute approximate surface area is 123 Å². The van der Waals surface area contributed by atoms with E-state index >= 15 is 0 Å². The average molecular weight is 288 g/mol. The number of alkyl halides is 1. The summed E-state index contributed by atoms with van der Waals surface area (Å²) >= 11 is 0. The normalized spacial score (nSPS) is 11.6. The van der Waals surface area contributed by atoms with Crippen molar-refractivity contribution in [2.45, 2.75) is 39.4 Å². The zero-order chi connectivity index (χ0) is 15.6. The molecule has 2 aromatic rings. The zero-order valence-corrected chi connectivity index (χ0v) is 12.7. The van der Waals surface area contributed by atoms with E-state index in [9.17, 15) is 9.18 Å². The maximum Gasteiger partial charge on any atom is 0.248 e. The highest BCUT2D eigenvalue weighted by Gasteiger charge is 2.17. The van der Waals surface area contributed by atoms with E-state index in [1.807, 2.05) is 25.1 Å². The van der Waals surface area contributed by atoms with Crippen LogP contribution in [0.5, 0.6) is 0 Å². The number of hydrogen-bond acceptors (Lipinski definition) is 2. The lowest BCUT2D eigenvalue weighted by atomic mass is 9.96. The van der Waals surface area contributed by atoms with Crippen molar-refractivity contribution in [2.24, 2.45) is 0 Å². The van der Waals surface area contributed by atoms with Gasteiger partial charge in [0.2, 0.25) is 5.56 Å². The van der Waals surface area contributed by atoms with Gasteiger partial charge in [-0.3, -0.25) is 4.79 Å². The van der Waals surface area contributed by atoms with Gasteiger partial charge in [-0.2, -0.15) is 0 Å². The van der Waals surface area contributed by atoms with E-state index in [1.54, 1.807) is 0 Å². The molecule has 0 saturated heterocycles. The molecule has 112 valence electrons. The van der Waals surface area contributed by atoms with E-state index < -0.39 is 6.67 Å². The first-order valence-corrected chi connectivity index (χ1v) is 6.95. The first-order valence-electron chi connectivity index (χ1n) is 6.95. The molecule has 0 atom stereocenters. The van der Waals surface area contributed by atoms with Gasteiger partial charge in [-0.15, -0.1) is 6.58 Å². The first-order chi connectivity index (χ1) is 9.80. The van der Waals surface area contributed by atoms with Crippen LogP contribution in [0.3, 0.4) is 0 Å².